The molecule has 9 nitrogen and oxygen atoms in total. The van der Waals surface area contributed by atoms with Crippen LogP contribution in [0.15, 0.2) is 35.5 Å². The maximum Gasteiger partial charge on any atom is 0.406 e. The fourth-order valence-corrected chi connectivity index (χ4v) is 4.48. The minimum atomic E-state index is -0.925. The minimum absolute atomic E-state index is 0.0322. The van der Waals surface area contributed by atoms with Crippen LogP contribution in [0.4, 0.5) is 13.6 Å². The number of carbonyl (C=O) groups excluding carboxylic acids is 1. The van der Waals surface area contributed by atoms with E-state index in [2.05, 4.69) is 25.3 Å². The van der Waals surface area contributed by atoms with Crippen LogP contribution in [-0.4, -0.2) is 46.3 Å². The molecule has 0 saturated heterocycles. The lowest BCUT2D eigenvalue weighted by Gasteiger charge is -2.19. The van der Waals surface area contributed by atoms with Crippen LogP contribution < -0.4 is 15.6 Å². The summed E-state index contributed by atoms with van der Waals surface area (Å²) in [5, 5.41) is 2.32. The van der Waals surface area contributed by atoms with E-state index in [9.17, 15) is 9.59 Å². The van der Waals surface area contributed by atoms with E-state index in [0.717, 1.165) is 50.7 Å². The molecule has 0 radical (unpaired) electrons. The summed E-state index contributed by atoms with van der Waals surface area (Å²) in [4.78, 5) is 40.0. The van der Waals surface area contributed by atoms with Crippen LogP contribution in [-0.2, 0) is 4.74 Å². The van der Waals surface area contributed by atoms with E-state index < -0.39 is 28.9 Å². The van der Waals surface area contributed by atoms with Gasteiger partial charge in [-0.25, -0.2) is 23.5 Å². The highest BCUT2D eigenvalue weighted by molar-refractivity contribution is 5.69. The number of rotatable bonds is 8. The molecule has 0 spiro atoms. The molecule has 37 heavy (non-hydrogen) atoms. The van der Waals surface area contributed by atoms with Crippen LogP contribution >= 0.6 is 0 Å². The maximum absolute atomic E-state index is 15.4. The topological polar surface area (TPSA) is 119 Å². The summed E-state index contributed by atoms with van der Waals surface area (Å²) in [6, 6.07) is 2.09. The summed E-state index contributed by atoms with van der Waals surface area (Å²) in [5.74, 6) is -1.79. The number of H-pyrrole nitrogens is 1. The molecule has 4 rings (SSSR count). The highest BCUT2D eigenvalue weighted by Gasteiger charge is 2.27. The first-order valence-corrected chi connectivity index (χ1v) is 12.3. The van der Waals surface area contributed by atoms with Crippen LogP contribution in [0.1, 0.15) is 56.6 Å². The van der Waals surface area contributed by atoms with Gasteiger partial charge in [0.25, 0.3) is 5.56 Å². The van der Waals surface area contributed by atoms with Gasteiger partial charge < -0.3 is 19.8 Å². The van der Waals surface area contributed by atoms with Crippen molar-refractivity contribution in [1.29, 1.82) is 0 Å². The first kappa shape index (κ1) is 26.2. The second-order valence-electron chi connectivity index (χ2n) is 8.80. The third-order valence-electron chi connectivity index (χ3n) is 6.26. The van der Waals surface area contributed by atoms with Crippen molar-refractivity contribution >= 4 is 6.09 Å². The number of nitrogens with zero attached hydrogens (tertiary/aromatic N) is 3. The normalized spacial score (nSPS) is 14.1. The molecule has 3 aromatic rings. The maximum atomic E-state index is 15.4. The van der Waals surface area contributed by atoms with Crippen molar-refractivity contribution in [2.75, 3.05) is 20.3 Å². The lowest BCUT2D eigenvalue weighted by Crippen LogP contribution is -2.20. The highest BCUT2D eigenvalue weighted by Crippen LogP contribution is 2.38. The van der Waals surface area contributed by atoms with Crippen LogP contribution in [0.25, 0.3) is 22.6 Å². The number of hydrogen-bond donors (Lipinski definition) is 2. The lowest BCUT2D eigenvalue weighted by atomic mass is 9.90. The number of halogens is 2. The first-order valence-electron chi connectivity index (χ1n) is 12.3. The second-order valence-corrected chi connectivity index (χ2v) is 8.80. The molecule has 1 aliphatic carbocycles. The van der Waals surface area contributed by atoms with E-state index in [1.807, 2.05) is 0 Å². The molecule has 2 heterocycles. The van der Waals surface area contributed by atoms with Gasteiger partial charge in [0.1, 0.15) is 23.1 Å². The molecule has 11 heteroatoms. The molecule has 1 fully saturated rings. The number of carbonyl (C=O) groups is 1. The number of aromatic nitrogens is 4. The summed E-state index contributed by atoms with van der Waals surface area (Å²) in [5.41, 5.74) is -0.461. The van der Waals surface area contributed by atoms with Crippen molar-refractivity contribution < 1.29 is 23.0 Å². The first-order chi connectivity index (χ1) is 18.0. The van der Waals surface area contributed by atoms with Gasteiger partial charge in [-0.1, -0.05) is 25.7 Å². The Labute approximate surface area is 212 Å². The molecule has 2 aromatic heterocycles. The molecular weight excluding hydrogens is 484 g/mol. The Bertz CT molecular complexity index is 1250. The Balaban J connectivity index is 1.67. The molecule has 1 aliphatic rings. The van der Waals surface area contributed by atoms with Crippen molar-refractivity contribution in [3.8, 4) is 28.4 Å². The third kappa shape index (κ3) is 6.46. The predicted molar refractivity (Wildman–Crippen MR) is 132 cm³/mol. The predicted octanol–water partition coefficient (Wildman–Crippen LogP) is 4.73. The molecular formula is C26H29F2N5O4. The molecule has 196 valence electrons. The fraction of sp³-hybridized carbons (Fsp3) is 0.423. The number of amides is 1. The zero-order valence-electron chi connectivity index (χ0n) is 20.6. The van der Waals surface area contributed by atoms with E-state index in [-0.39, 0.29) is 36.3 Å². The van der Waals surface area contributed by atoms with E-state index in [4.69, 9.17) is 9.47 Å². The summed E-state index contributed by atoms with van der Waals surface area (Å²) in [6.07, 6.45) is 9.78. The molecule has 1 amide bonds. The Kier molecular flexibility index (Phi) is 8.76. The molecule has 1 aromatic carbocycles. The standard InChI is InChI=1S/C26H29F2N5O4/c1-29-26(35)37-12-6-11-36-17-13-18(27)21(19(28)14-17)22-23(16-7-4-2-3-5-8-16)32-24(33-25(22)34)20-15-30-9-10-31-20/h9-10,13-16H,2-8,11-12H2,1H3,(H,29,35)(H,32,33,34). The summed E-state index contributed by atoms with van der Waals surface area (Å²) >= 11 is 0. The quantitative estimate of drug-likeness (QED) is 0.330. The largest absolute Gasteiger partial charge is 0.493 e. The zero-order valence-corrected chi connectivity index (χ0v) is 20.6. The Morgan fingerprint density at radius 2 is 1.81 bits per heavy atom. The van der Waals surface area contributed by atoms with Crippen LogP contribution in [0.5, 0.6) is 5.75 Å². The van der Waals surface area contributed by atoms with E-state index >= 15 is 8.78 Å². The van der Waals surface area contributed by atoms with Crippen LogP contribution in [0, 0.1) is 11.6 Å². The smallest absolute Gasteiger partial charge is 0.406 e. The van der Waals surface area contributed by atoms with Gasteiger partial charge in [-0.05, 0) is 12.8 Å². The van der Waals surface area contributed by atoms with Crippen LogP contribution in [0.3, 0.4) is 0 Å². The molecule has 1 saturated carbocycles. The van der Waals surface area contributed by atoms with E-state index in [1.165, 1.54) is 25.6 Å². The van der Waals surface area contributed by atoms with Gasteiger partial charge in [-0.2, -0.15) is 0 Å². The molecule has 2 N–H and O–H groups in total. The van der Waals surface area contributed by atoms with Crippen molar-refractivity contribution in [3.05, 3.63) is 58.4 Å². The van der Waals surface area contributed by atoms with Gasteiger partial charge in [-0.3, -0.25) is 9.78 Å². The number of benzene rings is 1. The fourth-order valence-electron chi connectivity index (χ4n) is 4.48. The Morgan fingerprint density at radius 1 is 1.08 bits per heavy atom. The molecule has 0 atom stereocenters. The van der Waals surface area contributed by atoms with E-state index in [0.29, 0.717) is 17.8 Å². The summed E-state index contributed by atoms with van der Waals surface area (Å²) in [6.45, 7) is 0.171. The van der Waals surface area contributed by atoms with Crippen molar-refractivity contribution in [3.63, 3.8) is 0 Å². The molecule has 0 bridgehead atoms. The number of aromatic amines is 1. The van der Waals surface area contributed by atoms with Gasteiger partial charge in [0, 0.05) is 43.9 Å². The summed E-state index contributed by atoms with van der Waals surface area (Å²) in [7, 11) is 1.44. The SMILES string of the molecule is CNC(=O)OCCCOc1cc(F)c(-c2c(C3CCCCCC3)nc(-c3cnccn3)[nH]c2=O)c(F)c1. The highest BCUT2D eigenvalue weighted by atomic mass is 19.1. The van der Waals surface area contributed by atoms with Crippen molar-refractivity contribution in [1.82, 2.24) is 25.3 Å². The third-order valence-corrected chi connectivity index (χ3v) is 6.26. The van der Waals surface area contributed by atoms with Gasteiger partial charge >= 0.3 is 6.09 Å². The average Bonchev–Trinajstić information content (AvgIpc) is 3.19. The van der Waals surface area contributed by atoms with Crippen LogP contribution in [0.2, 0.25) is 0 Å². The van der Waals surface area contributed by atoms with Crippen molar-refractivity contribution in [2.24, 2.45) is 0 Å². The number of alkyl carbamates (subject to hydrolysis) is 1. The van der Waals surface area contributed by atoms with E-state index in [1.54, 1.807) is 0 Å². The second kappa shape index (κ2) is 12.4. The van der Waals surface area contributed by atoms with Gasteiger partial charge in [0.15, 0.2) is 5.82 Å². The number of nitrogens with one attached hydrogen (secondary N) is 2. The molecule has 0 aliphatic heterocycles. The summed E-state index contributed by atoms with van der Waals surface area (Å²) < 4.78 is 41.0. The Hall–Kier alpha value is -3.89. The van der Waals surface area contributed by atoms with Gasteiger partial charge in [0.2, 0.25) is 0 Å². The minimum Gasteiger partial charge on any atom is -0.493 e. The average molecular weight is 514 g/mol. The van der Waals surface area contributed by atoms with Gasteiger partial charge in [0.05, 0.1) is 36.2 Å². The monoisotopic (exact) mass is 513 g/mol. The van der Waals surface area contributed by atoms with Gasteiger partial charge in [-0.15, -0.1) is 0 Å². The number of hydrogen-bond acceptors (Lipinski definition) is 7. The Morgan fingerprint density at radius 3 is 2.46 bits per heavy atom. The molecule has 0 unspecified atom stereocenters. The number of ether oxygens (including phenoxy) is 2. The van der Waals surface area contributed by atoms with Crippen molar-refractivity contribution in [2.45, 2.75) is 50.9 Å². The lowest BCUT2D eigenvalue weighted by molar-refractivity contribution is 0.140. The zero-order chi connectivity index (χ0) is 26.2.